The molecular weight excluding hydrogens is 254 g/mol. The second-order valence-electron chi connectivity index (χ2n) is 5.69. The summed E-state index contributed by atoms with van der Waals surface area (Å²) in [5.74, 6) is -0.202. The molecule has 20 heavy (non-hydrogen) atoms. The van der Waals surface area contributed by atoms with E-state index >= 15 is 0 Å². The summed E-state index contributed by atoms with van der Waals surface area (Å²) in [5.41, 5.74) is 2.24. The van der Waals surface area contributed by atoms with Crippen molar-refractivity contribution in [1.29, 1.82) is 0 Å². The average Bonchev–Trinajstić information content (AvgIpc) is 2.73. The minimum Gasteiger partial charge on any atom is -0.388 e. The number of carbonyl (C=O) groups excluding carboxylic acids is 2. The zero-order chi connectivity index (χ0) is 14.7. The minimum absolute atomic E-state index is 0.0800. The standard InChI is InChI=1S/C16H23NO3/c1-3-10-9-12(15(19)13(10)4-2)6-5-11-7-8-14(18)17-16(11)20/h3-4,11-12,15,19H,5-9H2,1-2H3,(H,17,18,20). The van der Waals surface area contributed by atoms with E-state index in [4.69, 9.17) is 0 Å². The van der Waals surface area contributed by atoms with Crippen LogP contribution in [0.15, 0.2) is 23.3 Å². The number of hydrogen-bond acceptors (Lipinski definition) is 3. The molecule has 4 nitrogen and oxygen atoms in total. The van der Waals surface area contributed by atoms with Gasteiger partial charge < -0.3 is 5.11 Å². The molecule has 3 unspecified atom stereocenters. The van der Waals surface area contributed by atoms with Crippen LogP contribution in [0.1, 0.15) is 46.0 Å². The third-order valence-electron chi connectivity index (χ3n) is 4.52. The molecule has 0 aromatic carbocycles. The van der Waals surface area contributed by atoms with Gasteiger partial charge in [0.05, 0.1) is 6.10 Å². The molecule has 1 aliphatic carbocycles. The molecular formula is C16H23NO3. The Morgan fingerprint density at radius 3 is 2.55 bits per heavy atom. The maximum atomic E-state index is 11.7. The Morgan fingerprint density at radius 2 is 2.00 bits per heavy atom. The molecule has 0 spiro atoms. The van der Waals surface area contributed by atoms with Crippen LogP contribution in [0.25, 0.3) is 0 Å². The molecule has 2 rings (SSSR count). The first-order valence-electron chi connectivity index (χ1n) is 7.40. The SMILES string of the molecule is CC=C1CC(CCC2CCC(=O)NC2=O)C(O)C1=CC. The van der Waals surface area contributed by atoms with Gasteiger partial charge in [-0.3, -0.25) is 14.9 Å². The summed E-state index contributed by atoms with van der Waals surface area (Å²) in [5, 5.41) is 12.7. The van der Waals surface area contributed by atoms with Crippen LogP contribution < -0.4 is 5.32 Å². The van der Waals surface area contributed by atoms with Crippen molar-refractivity contribution in [3.63, 3.8) is 0 Å². The number of nitrogens with one attached hydrogen (secondary N) is 1. The summed E-state index contributed by atoms with van der Waals surface area (Å²) in [6.07, 6.45) is 7.14. The lowest BCUT2D eigenvalue weighted by Crippen LogP contribution is -2.40. The summed E-state index contributed by atoms with van der Waals surface area (Å²) in [7, 11) is 0. The third kappa shape index (κ3) is 3.01. The largest absolute Gasteiger partial charge is 0.388 e. The summed E-state index contributed by atoms with van der Waals surface area (Å²) in [6.45, 7) is 3.94. The topological polar surface area (TPSA) is 66.4 Å². The van der Waals surface area contributed by atoms with E-state index in [9.17, 15) is 14.7 Å². The monoisotopic (exact) mass is 277 g/mol. The predicted molar refractivity (Wildman–Crippen MR) is 76.7 cm³/mol. The van der Waals surface area contributed by atoms with E-state index in [0.717, 1.165) is 24.8 Å². The molecule has 2 fully saturated rings. The van der Waals surface area contributed by atoms with Gasteiger partial charge in [-0.25, -0.2) is 0 Å². The fourth-order valence-electron chi connectivity index (χ4n) is 3.29. The van der Waals surface area contributed by atoms with Crippen molar-refractivity contribution >= 4 is 11.8 Å². The van der Waals surface area contributed by atoms with E-state index in [2.05, 4.69) is 11.4 Å². The number of rotatable bonds is 3. The van der Waals surface area contributed by atoms with E-state index in [0.29, 0.717) is 12.8 Å². The minimum atomic E-state index is -0.417. The van der Waals surface area contributed by atoms with Gasteiger partial charge in [0, 0.05) is 12.3 Å². The van der Waals surface area contributed by atoms with Gasteiger partial charge >= 0.3 is 0 Å². The molecule has 2 amide bonds. The molecule has 1 aliphatic heterocycles. The smallest absolute Gasteiger partial charge is 0.229 e. The van der Waals surface area contributed by atoms with Gasteiger partial charge in [0.2, 0.25) is 11.8 Å². The highest BCUT2D eigenvalue weighted by Crippen LogP contribution is 2.39. The second-order valence-corrected chi connectivity index (χ2v) is 5.69. The van der Waals surface area contributed by atoms with Gasteiger partial charge in [-0.1, -0.05) is 12.2 Å². The quantitative estimate of drug-likeness (QED) is 0.776. The van der Waals surface area contributed by atoms with E-state index in [-0.39, 0.29) is 23.7 Å². The fraction of sp³-hybridized carbons (Fsp3) is 0.625. The Morgan fingerprint density at radius 1 is 1.25 bits per heavy atom. The molecule has 2 aliphatic rings. The van der Waals surface area contributed by atoms with Gasteiger partial charge in [0.1, 0.15) is 0 Å². The highest BCUT2D eigenvalue weighted by Gasteiger charge is 2.34. The fourth-order valence-corrected chi connectivity index (χ4v) is 3.29. The van der Waals surface area contributed by atoms with E-state index in [1.165, 1.54) is 5.57 Å². The second kappa shape index (κ2) is 6.35. The Balaban J connectivity index is 1.92. The number of piperidine rings is 1. The number of aliphatic hydroxyl groups is 1. The summed E-state index contributed by atoms with van der Waals surface area (Å²) in [4.78, 5) is 22.8. The molecule has 0 aromatic rings. The number of amides is 2. The molecule has 4 heteroatoms. The molecule has 1 saturated carbocycles. The van der Waals surface area contributed by atoms with Crippen molar-refractivity contribution < 1.29 is 14.7 Å². The Kier molecular flexibility index (Phi) is 4.76. The molecule has 2 N–H and O–H groups in total. The summed E-state index contributed by atoms with van der Waals surface area (Å²) >= 11 is 0. The van der Waals surface area contributed by atoms with Gasteiger partial charge in [0.15, 0.2) is 0 Å². The van der Waals surface area contributed by atoms with E-state index in [1.54, 1.807) is 0 Å². The van der Waals surface area contributed by atoms with E-state index in [1.807, 2.05) is 19.9 Å². The lowest BCUT2D eigenvalue weighted by molar-refractivity contribution is -0.136. The lowest BCUT2D eigenvalue weighted by Gasteiger charge is -2.22. The van der Waals surface area contributed by atoms with Crippen molar-refractivity contribution in [2.75, 3.05) is 0 Å². The lowest BCUT2D eigenvalue weighted by atomic mass is 9.88. The molecule has 1 heterocycles. The van der Waals surface area contributed by atoms with Crippen molar-refractivity contribution in [1.82, 2.24) is 5.32 Å². The zero-order valence-corrected chi connectivity index (χ0v) is 12.2. The number of carbonyl (C=O) groups is 2. The van der Waals surface area contributed by atoms with Crippen LogP contribution in [0.4, 0.5) is 0 Å². The zero-order valence-electron chi connectivity index (χ0n) is 12.2. The Bertz CT molecular complexity index is 464. The van der Waals surface area contributed by atoms with Crippen LogP contribution in [-0.4, -0.2) is 23.0 Å². The maximum Gasteiger partial charge on any atom is 0.229 e. The molecule has 0 bridgehead atoms. The number of hydrogen-bond donors (Lipinski definition) is 2. The predicted octanol–water partition coefficient (Wildman–Crippen LogP) is 2.09. The highest BCUT2D eigenvalue weighted by molar-refractivity contribution is 5.98. The van der Waals surface area contributed by atoms with Crippen molar-refractivity contribution in [3.8, 4) is 0 Å². The van der Waals surface area contributed by atoms with Crippen LogP contribution in [-0.2, 0) is 9.59 Å². The van der Waals surface area contributed by atoms with E-state index < -0.39 is 6.10 Å². The van der Waals surface area contributed by atoms with Gasteiger partial charge in [-0.05, 0) is 56.6 Å². The highest BCUT2D eigenvalue weighted by atomic mass is 16.3. The van der Waals surface area contributed by atoms with Crippen LogP contribution in [0.2, 0.25) is 0 Å². The van der Waals surface area contributed by atoms with Gasteiger partial charge in [-0.2, -0.15) is 0 Å². The molecule has 0 aromatic heterocycles. The molecule has 3 atom stereocenters. The van der Waals surface area contributed by atoms with Crippen molar-refractivity contribution in [3.05, 3.63) is 23.3 Å². The van der Waals surface area contributed by atoms with Crippen molar-refractivity contribution in [2.45, 2.75) is 52.1 Å². The molecule has 110 valence electrons. The van der Waals surface area contributed by atoms with Crippen LogP contribution in [0, 0.1) is 11.8 Å². The van der Waals surface area contributed by atoms with Crippen molar-refractivity contribution in [2.24, 2.45) is 11.8 Å². The first kappa shape index (κ1) is 15.0. The maximum absolute atomic E-state index is 11.7. The first-order chi connectivity index (χ1) is 9.56. The third-order valence-corrected chi connectivity index (χ3v) is 4.52. The van der Waals surface area contributed by atoms with Gasteiger partial charge in [0.25, 0.3) is 0 Å². The normalized spacial score (nSPS) is 34.9. The summed E-state index contributed by atoms with van der Waals surface area (Å²) < 4.78 is 0. The summed E-state index contributed by atoms with van der Waals surface area (Å²) in [6, 6.07) is 0. The molecule has 1 saturated heterocycles. The van der Waals surface area contributed by atoms with Gasteiger partial charge in [-0.15, -0.1) is 0 Å². The Labute approximate surface area is 119 Å². The van der Waals surface area contributed by atoms with Crippen LogP contribution >= 0.6 is 0 Å². The number of aliphatic hydroxyl groups excluding tert-OH is 1. The first-order valence-corrected chi connectivity index (χ1v) is 7.40. The Hall–Kier alpha value is -1.42. The average molecular weight is 277 g/mol. The van der Waals surface area contributed by atoms with Crippen LogP contribution in [0.5, 0.6) is 0 Å². The van der Waals surface area contributed by atoms with Crippen LogP contribution in [0.3, 0.4) is 0 Å². The number of imide groups is 1. The molecule has 0 radical (unpaired) electrons. The number of allylic oxidation sites excluding steroid dienone is 2.